The number of aromatic hydroxyl groups is 1. The highest BCUT2D eigenvalue weighted by Crippen LogP contribution is 2.33. The summed E-state index contributed by atoms with van der Waals surface area (Å²) in [6.45, 7) is 0. The fraction of sp³-hybridized carbons (Fsp3) is 0.188. The van der Waals surface area contributed by atoms with Gasteiger partial charge >= 0.3 is 5.69 Å². The molecule has 0 aliphatic rings. The Morgan fingerprint density at radius 3 is 2.22 bits per heavy atom. The standard InChI is InChI=1S/C16H17N3O4/c1-17(2)12-8-4-5-9-13(12)18(3)16(21)11-7-6-10-14(15(11)20)19(22)23/h4-10,20H,1-3H3. The summed E-state index contributed by atoms with van der Waals surface area (Å²) < 4.78 is 0. The zero-order valence-corrected chi connectivity index (χ0v) is 13.1. The number of rotatable bonds is 4. The zero-order chi connectivity index (χ0) is 17.1. The Kier molecular flexibility index (Phi) is 4.49. The number of hydrogen-bond acceptors (Lipinski definition) is 5. The molecule has 0 aromatic heterocycles. The monoisotopic (exact) mass is 315 g/mol. The second-order valence-electron chi connectivity index (χ2n) is 5.18. The molecule has 0 spiro atoms. The first-order valence-electron chi connectivity index (χ1n) is 6.85. The SMILES string of the molecule is CN(C)c1ccccc1N(C)C(=O)c1cccc([N+](=O)[O-])c1O. The van der Waals surface area contributed by atoms with E-state index in [9.17, 15) is 20.0 Å². The van der Waals surface area contributed by atoms with Crippen molar-refractivity contribution in [2.24, 2.45) is 0 Å². The smallest absolute Gasteiger partial charge is 0.311 e. The Morgan fingerprint density at radius 2 is 1.65 bits per heavy atom. The summed E-state index contributed by atoms with van der Waals surface area (Å²) in [6, 6.07) is 11.1. The molecular weight excluding hydrogens is 298 g/mol. The van der Waals surface area contributed by atoms with E-state index in [4.69, 9.17) is 0 Å². The number of carbonyl (C=O) groups is 1. The van der Waals surface area contributed by atoms with Crippen molar-refractivity contribution in [3.05, 3.63) is 58.1 Å². The second kappa shape index (κ2) is 6.35. The Bertz CT molecular complexity index is 759. The number of nitro benzene ring substituents is 1. The number of para-hydroxylation sites is 3. The third-order valence-corrected chi connectivity index (χ3v) is 3.47. The van der Waals surface area contributed by atoms with E-state index >= 15 is 0 Å². The van der Waals surface area contributed by atoms with Gasteiger partial charge in [-0.2, -0.15) is 0 Å². The molecule has 120 valence electrons. The molecular formula is C16H17N3O4. The van der Waals surface area contributed by atoms with Crippen molar-refractivity contribution in [2.75, 3.05) is 30.9 Å². The average Bonchev–Trinajstić information content (AvgIpc) is 2.53. The van der Waals surface area contributed by atoms with Crippen LogP contribution in [0.2, 0.25) is 0 Å². The second-order valence-corrected chi connectivity index (χ2v) is 5.18. The van der Waals surface area contributed by atoms with Crippen molar-refractivity contribution >= 4 is 23.0 Å². The largest absolute Gasteiger partial charge is 0.502 e. The molecule has 0 aliphatic heterocycles. The summed E-state index contributed by atoms with van der Waals surface area (Å²) in [5.41, 5.74) is 0.835. The molecule has 0 atom stereocenters. The molecule has 2 rings (SSSR count). The average molecular weight is 315 g/mol. The topological polar surface area (TPSA) is 86.9 Å². The van der Waals surface area contributed by atoms with Gasteiger partial charge < -0.3 is 14.9 Å². The van der Waals surface area contributed by atoms with Crippen molar-refractivity contribution in [3.63, 3.8) is 0 Å². The van der Waals surface area contributed by atoms with Crippen LogP contribution in [0.15, 0.2) is 42.5 Å². The van der Waals surface area contributed by atoms with Crippen LogP contribution in [0, 0.1) is 10.1 Å². The summed E-state index contributed by atoms with van der Waals surface area (Å²) in [7, 11) is 5.26. The predicted octanol–water partition coefficient (Wildman–Crippen LogP) is 2.64. The van der Waals surface area contributed by atoms with Crippen LogP contribution in [0.4, 0.5) is 17.1 Å². The molecule has 7 heteroatoms. The molecule has 1 amide bonds. The highest BCUT2D eigenvalue weighted by molar-refractivity contribution is 6.09. The number of hydrogen-bond donors (Lipinski definition) is 1. The van der Waals surface area contributed by atoms with E-state index < -0.39 is 22.3 Å². The number of nitrogens with zero attached hydrogens (tertiary/aromatic N) is 3. The van der Waals surface area contributed by atoms with Gasteiger partial charge in [0.1, 0.15) is 0 Å². The van der Waals surface area contributed by atoms with Crippen LogP contribution in [-0.2, 0) is 0 Å². The van der Waals surface area contributed by atoms with Crippen molar-refractivity contribution < 1.29 is 14.8 Å². The maximum atomic E-state index is 12.6. The van der Waals surface area contributed by atoms with Gasteiger partial charge in [0.05, 0.1) is 21.9 Å². The molecule has 7 nitrogen and oxygen atoms in total. The van der Waals surface area contributed by atoms with Crippen LogP contribution >= 0.6 is 0 Å². The lowest BCUT2D eigenvalue weighted by atomic mass is 10.1. The minimum atomic E-state index is -0.722. The number of phenols is 1. The molecule has 2 aromatic rings. The summed E-state index contributed by atoms with van der Waals surface area (Å²) in [4.78, 5) is 26.0. The quantitative estimate of drug-likeness (QED) is 0.692. The number of phenolic OH excluding ortho intramolecular Hbond substituents is 1. The van der Waals surface area contributed by atoms with Crippen LogP contribution in [0.3, 0.4) is 0 Å². The van der Waals surface area contributed by atoms with E-state index in [2.05, 4.69) is 0 Å². The Balaban J connectivity index is 2.46. The minimum Gasteiger partial charge on any atom is -0.502 e. The van der Waals surface area contributed by atoms with E-state index in [0.717, 1.165) is 11.8 Å². The Hall–Kier alpha value is -3.09. The van der Waals surface area contributed by atoms with Gasteiger partial charge in [-0.3, -0.25) is 14.9 Å². The van der Waals surface area contributed by atoms with Gasteiger partial charge in [0.15, 0.2) is 0 Å². The maximum Gasteiger partial charge on any atom is 0.311 e. The molecule has 0 saturated heterocycles. The summed E-state index contributed by atoms with van der Waals surface area (Å²) >= 11 is 0. The third kappa shape index (κ3) is 3.08. The van der Waals surface area contributed by atoms with E-state index in [0.29, 0.717) is 5.69 Å². The van der Waals surface area contributed by atoms with E-state index in [-0.39, 0.29) is 5.56 Å². The fourth-order valence-electron chi connectivity index (χ4n) is 2.27. The number of carbonyl (C=O) groups excluding carboxylic acids is 1. The van der Waals surface area contributed by atoms with Gasteiger partial charge in [-0.05, 0) is 18.2 Å². The van der Waals surface area contributed by atoms with Crippen molar-refractivity contribution in [1.29, 1.82) is 0 Å². The molecule has 0 aliphatic carbocycles. The normalized spacial score (nSPS) is 10.2. The van der Waals surface area contributed by atoms with Crippen LogP contribution in [0.1, 0.15) is 10.4 Å². The molecule has 1 N–H and O–H groups in total. The summed E-state index contributed by atoms with van der Waals surface area (Å²) in [5.74, 6) is -1.16. The van der Waals surface area contributed by atoms with E-state index in [1.807, 2.05) is 31.1 Å². The van der Waals surface area contributed by atoms with Crippen LogP contribution < -0.4 is 9.80 Å². The molecule has 0 bridgehead atoms. The fourth-order valence-corrected chi connectivity index (χ4v) is 2.27. The molecule has 0 heterocycles. The van der Waals surface area contributed by atoms with Gasteiger partial charge in [-0.1, -0.05) is 18.2 Å². The Morgan fingerprint density at radius 1 is 1.04 bits per heavy atom. The number of nitro groups is 1. The van der Waals surface area contributed by atoms with Crippen LogP contribution in [-0.4, -0.2) is 37.1 Å². The lowest BCUT2D eigenvalue weighted by Crippen LogP contribution is -2.28. The minimum absolute atomic E-state index is 0.116. The van der Waals surface area contributed by atoms with Gasteiger partial charge in [-0.15, -0.1) is 0 Å². The van der Waals surface area contributed by atoms with Gasteiger partial charge in [-0.25, -0.2) is 0 Å². The predicted molar refractivity (Wildman–Crippen MR) is 88.3 cm³/mol. The highest BCUT2D eigenvalue weighted by Gasteiger charge is 2.24. The summed E-state index contributed by atoms with van der Waals surface area (Å²) in [5, 5.41) is 20.9. The number of benzene rings is 2. The van der Waals surface area contributed by atoms with Crippen molar-refractivity contribution in [2.45, 2.75) is 0 Å². The lowest BCUT2D eigenvalue weighted by molar-refractivity contribution is -0.385. The first kappa shape index (κ1) is 16.3. The van der Waals surface area contributed by atoms with Crippen LogP contribution in [0.5, 0.6) is 5.75 Å². The summed E-state index contributed by atoms with van der Waals surface area (Å²) in [6.07, 6.45) is 0. The first-order chi connectivity index (χ1) is 10.8. The maximum absolute atomic E-state index is 12.6. The van der Waals surface area contributed by atoms with Gasteiger partial charge in [0.25, 0.3) is 5.91 Å². The molecule has 23 heavy (non-hydrogen) atoms. The van der Waals surface area contributed by atoms with Crippen LogP contribution in [0.25, 0.3) is 0 Å². The molecule has 0 unspecified atom stereocenters. The van der Waals surface area contributed by atoms with Gasteiger partial charge in [0.2, 0.25) is 5.75 Å². The van der Waals surface area contributed by atoms with E-state index in [1.165, 1.54) is 17.0 Å². The molecule has 0 saturated carbocycles. The molecule has 2 aromatic carbocycles. The lowest BCUT2D eigenvalue weighted by Gasteiger charge is -2.24. The van der Waals surface area contributed by atoms with E-state index in [1.54, 1.807) is 19.2 Å². The van der Waals surface area contributed by atoms with Crippen molar-refractivity contribution in [1.82, 2.24) is 0 Å². The Labute approximate surface area is 133 Å². The first-order valence-corrected chi connectivity index (χ1v) is 6.85. The highest BCUT2D eigenvalue weighted by atomic mass is 16.6. The number of anilines is 2. The third-order valence-electron chi connectivity index (χ3n) is 3.47. The van der Waals surface area contributed by atoms with Crippen molar-refractivity contribution in [3.8, 4) is 5.75 Å². The molecule has 0 fully saturated rings. The zero-order valence-electron chi connectivity index (χ0n) is 13.1. The number of amides is 1. The van der Waals surface area contributed by atoms with Gasteiger partial charge in [0, 0.05) is 27.2 Å². The molecule has 0 radical (unpaired) electrons.